The first-order valence-electron chi connectivity index (χ1n) is 6.85. The van der Waals surface area contributed by atoms with E-state index < -0.39 is 0 Å². The molecule has 5 heteroatoms. The molecule has 22 heavy (non-hydrogen) atoms. The van der Waals surface area contributed by atoms with Crippen LogP contribution >= 0.6 is 0 Å². The third kappa shape index (κ3) is 4.49. The van der Waals surface area contributed by atoms with Crippen LogP contribution in [0.5, 0.6) is 0 Å². The number of carbonyl (C=O) groups excluding carboxylic acids is 2. The molecule has 0 fully saturated rings. The lowest BCUT2D eigenvalue weighted by Gasteiger charge is -2.12. The average Bonchev–Trinajstić information content (AvgIpc) is 2.50. The fourth-order valence-electron chi connectivity index (χ4n) is 1.83. The number of nitrogens with one attached hydrogen (secondary N) is 3. The van der Waals surface area contributed by atoms with E-state index in [9.17, 15) is 9.59 Å². The molecular weight excluding hydrogens is 278 g/mol. The van der Waals surface area contributed by atoms with E-state index in [-0.39, 0.29) is 11.9 Å². The lowest BCUT2D eigenvalue weighted by molar-refractivity contribution is -0.111. The van der Waals surface area contributed by atoms with Crippen LogP contribution in [0.2, 0.25) is 0 Å². The summed E-state index contributed by atoms with van der Waals surface area (Å²) in [5, 5.41) is 8.15. The van der Waals surface area contributed by atoms with Gasteiger partial charge in [-0.3, -0.25) is 4.79 Å². The number of rotatable bonds is 4. The number of urea groups is 1. The van der Waals surface area contributed by atoms with Crippen LogP contribution in [0.4, 0.5) is 21.9 Å². The van der Waals surface area contributed by atoms with Gasteiger partial charge in [0.25, 0.3) is 0 Å². The number of allylic oxidation sites excluding steroid dienone is 1. The van der Waals surface area contributed by atoms with Gasteiger partial charge in [-0.05, 0) is 37.3 Å². The second-order valence-corrected chi connectivity index (χ2v) is 4.48. The molecule has 2 aromatic rings. The molecule has 0 radical (unpaired) electrons. The summed E-state index contributed by atoms with van der Waals surface area (Å²) in [5.41, 5.74) is 1.75. The van der Waals surface area contributed by atoms with E-state index in [1.54, 1.807) is 49.4 Å². The van der Waals surface area contributed by atoms with E-state index in [2.05, 4.69) is 16.0 Å². The molecule has 0 aromatic heterocycles. The first-order valence-corrected chi connectivity index (χ1v) is 6.85. The Morgan fingerprint density at radius 1 is 0.818 bits per heavy atom. The number of para-hydroxylation sites is 3. The van der Waals surface area contributed by atoms with Gasteiger partial charge in [-0.25, -0.2) is 4.79 Å². The maximum Gasteiger partial charge on any atom is 0.323 e. The first kappa shape index (κ1) is 15.3. The minimum Gasteiger partial charge on any atom is -0.321 e. The van der Waals surface area contributed by atoms with Gasteiger partial charge in [-0.1, -0.05) is 36.4 Å². The smallest absolute Gasteiger partial charge is 0.321 e. The van der Waals surface area contributed by atoms with Crippen LogP contribution in [0, 0.1) is 0 Å². The molecular formula is C17H17N3O2. The fourth-order valence-corrected chi connectivity index (χ4v) is 1.83. The molecule has 112 valence electrons. The van der Waals surface area contributed by atoms with Gasteiger partial charge in [-0.2, -0.15) is 0 Å². The van der Waals surface area contributed by atoms with Crippen molar-refractivity contribution in [3.05, 3.63) is 66.7 Å². The lowest BCUT2D eigenvalue weighted by Crippen LogP contribution is -2.20. The fraction of sp³-hybridized carbons (Fsp3) is 0.0588. The predicted octanol–water partition coefficient (Wildman–Crippen LogP) is 3.85. The Morgan fingerprint density at radius 3 is 2.05 bits per heavy atom. The number of amides is 3. The van der Waals surface area contributed by atoms with Crippen LogP contribution in [0.3, 0.4) is 0 Å². The zero-order chi connectivity index (χ0) is 15.8. The Morgan fingerprint density at radius 2 is 1.41 bits per heavy atom. The van der Waals surface area contributed by atoms with Gasteiger partial charge in [0.2, 0.25) is 5.91 Å². The Kier molecular flexibility index (Phi) is 5.31. The zero-order valence-electron chi connectivity index (χ0n) is 12.2. The third-order valence-corrected chi connectivity index (χ3v) is 2.78. The molecule has 3 N–H and O–H groups in total. The van der Waals surface area contributed by atoms with Gasteiger partial charge >= 0.3 is 6.03 Å². The summed E-state index contributed by atoms with van der Waals surface area (Å²) < 4.78 is 0. The molecule has 0 aliphatic carbocycles. The normalized spacial score (nSPS) is 10.2. The van der Waals surface area contributed by atoms with Gasteiger partial charge < -0.3 is 16.0 Å². The van der Waals surface area contributed by atoms with Crippen LogP contribution in [-0.4, -0.2) is 11.9 Å². The number of benzene rings is 2. The molecule has 5 nitrogen and oxygen atoms in total. The van der Waals surface area contributed by atoms with E-state index >= 15 is 0 Å². The monoisotopic (exact) mass is 295 g/mol. The van der Waals surface area contributed by atoms with Crippen molar-refractivity contribution in [1.29, 1.82) is 0 Å². The topological polar surface area (TPSA) is 70.2 Å². The van der Waals surface area contributed by atoms with Crippen molar-refractivity contribution in [2.24, 2.45) is 0 Å². The minimum absolute atomic E-state index is 0.250. The summed E-state index contributed by atoms with van der Waals surface area (Å²) >= 11 is 0. The number of hydrogen-bond acceptors (Lipinski definition) is 2. The van der Waals surface area contributed by atoms with E-state index in [1.165, 1.54) is 6.08 Å². The molecule has 0 aliphatic rings. The standard InChI is InChI=1S/C17H17N3O2/c1-2-8-16(21)19-14-11-6-7-12-15(14)20-17(22)18-13-9-4-3-5-10-13/h2-12H,1H3,(H,19,21)(H2,18,20,22)/b8-2+. The molecule has 0 saturated heterocycles. The van der Waals surface area contributed by atoms with Crippen LogP contribution in [-0.2, 0) is 4.79 Å². The lowest BCUT2D eigenvalue weighted by atomic mass is 10.2. The Bertz CT molecular complexity index is 681. The highest BCUT2D eigenvalue weighted by atomic mass is 16.2. The molecule has 0 bridgehead atoms. The molecule has 0 unspecified atom stereocenters. The largest absolute Gasteiger partial charge is 0.323 e. The zero-order valence-corrected chi connectivity index (χ0v) is 12.2. The highest BCUT2D eigenvalue weighted by molar-refractivity contribution is 6.06. The number of carbonyl (C=O) groups is 2. The van der Waals surface area contributed by atoms with Crippen molar-refractivity contribution < 1.29 is 9.59 Å². The van der Waals surface area contributed by atoms with Crippen molar-refractivity contribution in [3.8, 4) is 0 Å². The second kappa shape index (κ2) is 7.64. The molecule has 2 rings (SSSR count). The van der Waals surface area contributed by atoms with Crippen molar-refractivity contribution in [1.82, 2.24) is 0 Å². The average molecular weight is 295 g/mol. The van der Waals surface area contributed by atoms with Gasteiger partial charge in [-0.15, -0.1) is 0 Å². The Balaban J connectivity index is 2.06. The van der Waals surface area contributed by atoms with Crippen molar-refractivity contribution >= 4 is 29.0 Å². The third-order valence-electron chi connectivity index (χ3n) is 2.78. The van der Waals surface area contributed by atoms with Gasteiger partial charge in [0.1, 0.15) is 0 Å². The molecule has 0 heterocycles. The Hall–Kier alpha value is -3.08. The molecule has 0 spiro atoms. The SMILES string of the molecule is C/C=C/C(=O)Nc1ccccc1NC(=O)Nc1ccccc1. The molecule has 0 atom stereocenters. The Labute approximate surface area is 129 Å². The van der Waals surface area contributed by atoms with E-state index in [0.717, 1.165) is 0 Å². The molecule has 2 aromatic carbocycles. The van der Waals surface area contributed by atoms with E-state index in [1.807, 2.05) is 18.2 Å². The van der Waals surface area contributed by atoms with Crippen molar-refractivity contribution in [2.45, 2.75) is 6.92 Å². The van der Waals surface area contributed by atoms with E-state index in [4.69, 9.17) is 0 Å². The van der Waals surface area contributed by atoms with Crippen LogP contribution in [0.1, 0.15) is 6.92 Å². The highest BCUT2D eigenvalue weighted by Gasteiger charge is 2.08. The number of anilines is 3. The van der Waals surface area contributed by atoms with Crippen LogP contribution in [0.25, 0.3) is 0 Å². The summed E-state index contributed by atoms with van der Waals surface area (Å²) in [6.07, 6.45) is 3.06. The molecule has 3 amide bonds. The van der Waals surface area contributed by atoms with Gasteiger partial charge in [0.15, 0.2) is 0 Å². The summed E-state index contributed by atoms with van der Waals surface area (Å²) in [6, 6.07) is 15.7. The first-order chi connectivity index (χ1) is 10.7. The van der Waals surface area contributed by atoms with Gasteiger partial charge in [0.05, 0.1) is 11.4 Å². The number of hydrogen-bond donors (Lipinski definition) is 3. The maximum atomic E-state index is 12.0. The predicted molar refractivity (Wildman–Crippen MR) is 89.0 cm³/mol. The summed E-state index contributed by atoms with van der Waals surface area (Å²) in [7, 11) is 0. The highest BCUT2D eigenvalue weighted by Crippen LogP contribution is 2.21. The van der Waals surface area contributed by atoms with Crippen molar-refractivity contribution in [2.75, 3.05) is 16.0 Å². The quantitative estimate of drug-likeness (QED) is 0.750. The van der Waals surface area contributed by atoms with Gasteiger partial charge in [0, 0.05) is 5.69 Å². The molecule has 0 saturated carbocycles. The van der Waals surface area contributed by atoms with Crippen molar-refractivity contribution in [3.63, 3.8) is 0 Å². The summed E-state index contributed by atoms with van der Waals surface area (Å²) in [5.74, 6) is -0.250. The minimum atomic E-state index is -0.376. The second-order valence-electron chi connectivity index (χ2n) is 4.48. The van der Waals surface area contributed by atoms with Crippen LogP contribution < -0.4 is 16.0 Å². The maximum absolute atomic E-state index is 12.0. The molecule has 0 aliphatic heterocycles. The van der Waals surface area contributed by atoms with Crippen LogP contribution in [0.15, 0.2) is 66.7 Å². The summed E-state index contributed by atoms with van der Waals surface area (Å²) in [6.45, 7) is 1.76. The van der Waals surface area contributed by atoms with E-state index in [0.29, 0.717) is 17.1 Å². The summed E-state index contributed by atoms with van der Waals surface area (Å²) in [4.78, 5) is 23.6.